The fourth-order valence-corrected chi connectivity index (χ4v) is 4.13. The van der Waals surface area contributed by atoms with Gasteiger partial charge in [-0.05, 0) is 42.8 Å². The van der Waals surface area contributed by atoms with Crippen molar-refractivity contribution in [2.24, 2.45) is 0 Å². The van der Waals surface area contributed by atoms with Crippen molar-refractivity contribution in [3.05, 3.63) is 46.9 Å². The first-order valence-corrected chi connectivity index (χ1v) is 10.1. The van der Waals surface area contributed by atoms with E-state index in [2.05, 4.69) is 0 Å². The van der Waals surface area contributed by atoms with Gasteiger partial charge in [0.1, 0.15) is 11.5 Å². The van der Waals surface area contributed by atoms with Crippen LogP contribution in [-0.4, -0.2) is 38.2 Å². The highest BCUT2D eigenvalue weighted by Gasteiger charge is 2.35. The first-order valence-electron chi connectivity index (χ1n) is 8.83. The lowest BCUT2D eigenvalue weighted by molar-refractivity contribution is -0.113. The second-order valence-corrected chi connectivity index (χ2v) is 7.57. The summed E-state index contributed by atoms with van der Waals surface area (Å²) in [5.41, 5.74) is 1.39. The smallest absolute Gasteiger partial charge is 0.270 e. The van der Waals surface area contributed by atoms with Crippen molar-refractivity contribution >= 4 is 46.0 Å². The minimum Gasteiger partial charge on any atom is -0.497 e. The van der Waals surface area contributed by atoms with E-state index in [-0.39, 0.29) is 5.91 Å². The summed E-state index contributed by atoms with van der Waals surface area (Å²) in [4.78, 5) is 15.1. The summed E-state index contributed by atoms with van der Waals surface area (Å²) in [6.45, 7) is 2.45. The number of carbonyl (C=O) groups excluding carboxylic acids is 1. The van der Waals surface area contributed by atoms with Crippen LogP contribution in [0.5, 0.6) is 23.0 Å². The lowest BCUT2D eigenvalue weighted by Gasteiger charge is -2.18. The molecule has 6 nitrogen and oxygen atoms in total. The van der Waals surface area contributed by atoms with Crippen molar-refractivity contribution in [3.63, 3.8) is 0 Å². The van der Waals surface area contributed by atoms with Gasteiger partial charge in [-0.3, -0.25) is 9.69 Å². The van der Waals surface area contributed by atoms with Gasteiger partial charge in [0.2, 0.25) is 0 Å². The monoisotopic (exact) mass is 431 g/mol. The molecule has 1 saturated heterocycles. The lowest BCUT2D eigenvalue weighted by atomic mass is 10.1. The number of carbonyl (C=O) groups is 1. The summed E-state index contributed by atoms with van der Waals surface area (Å²) in [5, 5.41) is 0. The van der Waals surface area contributed by atoms with Crippen molar-refractivity contribution < 1.29 is 23.7 Å². The quantitative estimate of drug-likeness (QED) is 0.472. The summed E-state index contributed by atoms with van der Waals surface area (Å²) in [6, 6.07) is 10.7. The highest BCUT2D eigenvalue weighted by Crippen LogP contribution is 2.41. The van der Waals surface area contributed by atoms with E-state index in [0.717, 1.165) is 5.56 Å². The molecule has 152 valence electrons. The molecule has 1 aliphatic heterocycles. The molecule has 1 amide bonds. The molecule has 0 spiro atoms. The molecule has 2 aromatic rings. The molecule has 8 heteroatoms. The number of benzene rings is 2. The van der Waals surface area contributed by atoms with Crippen LogP contribution in [0.25, 0.3) is 6.08 Å². The van der Waals surface area contributed by atoms with Gasteiger partial charge in [-0.25, -0.2) is 0 Å². The van der Waals surface area contributed by atoms with Crippen molar-refractivity contribution in [1.82, 2.24) is 0 Å². The fourth-order valence-electron chi connectivity index (χ4n) is 2.85. The van der Waals surface area contributed by atoms with E-state index >= 15 is 0 Å². The van der Waals surface area contributed by atoms with Crippen LogP contribution in [0.2, 0.25) is 0 Å². The third-order valence-corrected chi connectivity index (χ3v) is 5.51. The number of nitrogens with zero attached hydrogens (tertiary/aromatic N) is 1. The maximum Gasteiger partial charge on any atom is 0.270 e. The molecule has 3 rings (SSSR count). The Labute approximate surface area is 179 Å². The van der Waals surface area contributed by atoms with Crippen LogP contribution in [0.1, 0.15) is 12.5 Å². The minimum atomic E-state index is -0.212. The van der Waals surface area contributed by atoms with Crippen LogP contribution in [-0.2, 0) is 4.79 Å². The molecule has 29 heavy (non-hydrogen) atoms. The summed E-state index contributed by atoms with van der Waals surface area (Å²) in [7, 11) is 4.69. The number of hydrogen-bond donors (Lipinski definition) is 0. The van der Waals surface area contributed by atoms with E-state index in [1.165, 1.54) is 23.8 Å². The minimum absolute atomic E-state index is 0.212. The van der Waals surface area contributed by atoms with Crippen LogP contribution in [0.3, 0.4) is 0 Å². The van der Waals surface area contributed by atoms with Gasteiger partial charge in [0, 0.05) is 6.07 Å². The van der Waals surface area contributed by atoms with E-state index in [4.69, 9.17) is 31.2 Å². The van der Waals surface area contributed by atoms with Gasteiger partial charge in [0.05, 0.1) is 38.5 Å². The van der Waals surface area contributed by atoms with E-state index in [9.17, 15) is 4.79 Å². The van der Waals surface area contributed by atoms with E-state index in [1.807, 2.05) is 25.1 Å². The molecular formula is C21H21NO5S2. The largest absolute Gasteiger partial charge is 0.497 e. The van der Waals surface area contributed by atoms with Crippen molar-refractivity contribution in [3.8, 4) is 23.0 Å². The summed E-state index contributed by atoms with van der Waals surface area (Å²) in [5.74, 6) is 2.18. The number of anilines is 1. The summed E-state index contributed by atoms with van der Waals surface area (Å²) < 4.78 is 22.0. The maximum absolute atomic E-state index is 13.1. The summed E-state index contributed by atoms with van der Waals surface area (Å²) >= 11 is 6.70. The van der Waals surface area contributed by atoms with E-state index in [0.29, 0.717) is 44.5 Å². The molecule has 0 aromatic heterocycles. The van der Waals surface area contributed by atoms with Gasteiger partial charge < -0.3 is 18.9 Å². The van der Waals surface area contributed by atoms with Crippen molar-refractivity contribution in [1.29, 1.82) is 0 Å². The highest BCUT2D eigenvalue weighted by atomic mass is 32.2. The first-order chi connectivity index (χ1) is 14.0. The zero-order chi connectivity index (χ0) is 21.0. The zero-order valence-corrected chi connectivity index (χ0v) is 18.2. The summed E-state index contributed by atoms with van der Waals surface area (Å²) in [6.07, 6.45) is 1.79. The van der Waals surface area contributed by atoms with Gasteiger partial charge in [-0.15, -0.1) is 0 Å². The topological polar surface area (TPSA) is 57.2 Å². The molecule has 0 radical (unpaired) electrons. The van der Waals surface area contributed by atoms with Crippen LogP contribution in [0, 0.1) is 0 Å². The average Bonchev–Trinajstić information content (AvgIpc) is 3.01. The number of hydrogen-bond acceptors (Lipinski definition) is 7. The van der Waals surface area contributed by atoms with Crippen LogP contribution in [0.4, 0.5) is 5.69 Å². The number of rotatable bonds is 7. The molecule has 0 unspecified atom stereocenters. The second kappa shape index (κ2) is 9.19. The van der Waals surface area contributed by atoms with Gasteiger partial charge in [0.15, 0.2) is 15.8 Å². The van der Waals surface area contributed by atoms with Gasteiger partial charge in [0.25, 0.3) is 5.91 Å². The first kappa shape index (κ1) is 21.0. The third kappa shape index (κ3) is 4.33. The Bertz CT molecular complexity index is 974. The van der Waals surface area contributed by atoms with Gasteiger partial charge >= 0.3 is 0 Å². The van der Waals surface area contributed by atoms with Gasteiger partial charge in [-0.2, -0.15) is 0 Å². The normalized spacial score (nSPS) is 15.0. The SMILES string of the molecule is CCOc1ccc(C=C2SC(=S)N(c3ccc(OC)cc3OC)C2=O)cc1OC. The molecule has 0 N–H and O–H groups in total. The number of thiocarbonyl (C=S) groups is 1. The van der Waals surface area contributed by atoms with E-state index in [1.54, 1.807) is 38.5 Å². The molecule has 1 aliphatic rings. The Kier molecular flexibility index (Phi) is 6.66. The molecule has 0 atom stereocenters. The van der Waals surface area contributed by atoms with Crippen LogP contribution >= 0.6 is 24.0 Å². The van der Waals surface area contributed by atoms with Crippen molar-refractivity contribution in [2.75, 3.05) is 32.8 Å². The highest BCUT2D eigenvalue weighted by molar-refractivity contribution is 8.27. The third-order valence-electron chi connectivity index (χ3n) is 4.21. The molecule has 0 saturated carbocycles. The number of ether oxygens (including phenoxy) is 4. The zero-order valence-electron chi connectivity index (χ0n) is 16.6. The Morgan fingerprint density at radius 2 is 1.76 bits per heavy atom. The fraction of sp³-hybridized carbons (Fsp3) is 0.238. The molecule has 2 aromatic carbocycles. The molecule has 0 aliphatic carbocycles. The molecule has 1 heterocycles. The Hall–Kier alpha value is -2.71. The van der Waals surface area contributed by atoms with E-state index < -0.39 is 0 Å². The Balaban J connectivity index is 1.93. The molecular weight excluding hydrogens is 410 g/mol. The number of methoxy groups -OCH3 is 3. The van der Waals surface area contributed by atoms with Crippen LogP contribution in [0.15, 0.2) is 41.3 Å². The predicted octanol–water partition coefficient (Wildman–Crippen LogP) is 4.52. The average molecular weight is 432 g/mol. The lowest BCUT2D eigenvalue weighted by Crippen LogP contribution is -2.27. The van der Waals surface area contributed by atoms with Crippen molar-refractivity contribution in [2.45, 2.75) is 6.92 Å². The van der Waals surface area contributed by atoms with Gasteiger partial charge in [-0.1, -0.05) is 30.0 Å². The molecule has 1 fully saturated rings. The predicted molar refractivity (Wildman–Crippen MR) is 119 cm³/mol. The molecule has 0 bridgehead atoms. The van der Waals surface area contributed by atoms with Crippen LogP contribution < -0.4 is 23.8 Å². The number of thioether (sulfide) groups is 1. The second-order valence-electron chi connectivity index (χ2n) is 5.90. The number of amides is 1. The maximum atomic E-state index is 13.1. The standard InChI is InChI=1S/C21H21NO5S2/c1-5-27-16-9-6-13(10-18(16)26-4)11-19-20(23)22(21(28)29-19)15-8-7-14(24-2)12-17(15)25-3/h6-12H,5H2,1-4H3. The Morgan fingerprint density at radius 1 is 1.00 bits per heavy atom. The Morgan fingerprint density at radius 3 is 2.41 bits per heavy atom.